The third-order valence-corrected chi connectivity index (χ3v) is 5.72. The van der Waals surface area contributed by atoms with Crippen molar-refractivity contribution in [3.8, 4) is 28.3 Å². The van der Waals surface area contributed by atoms with Crippen LogP contribution in [-0.2, 0) is 6.42 Å². The number of aromatic nitrogens is 3. The van der Waals surface area contributed by atoms with Gasteiger partial charge in [0.1, 0.15) is 11.5 Å². The molecule has 2 aliphatic heterocycles. The van der Waals surface area contributed by atoms with Gasteiger partial charge in [0.15, 0.2) is 5.82 Å². The van der Waals surface area contributed by atoms with Gasteiger partial charge in [0.2, 0.25) is 0 Å². The Balaban J connectivity index is 1.60. The summed E-state index contributed by atoms with van der Waals surface area (Å²) >= 11 is 0. The van der Waals surface area contributed by atoms with Crippen molar-refractivity contribution < 1.29 is 4.42 Å². The summed E-state index contributed by atoms with van der Waals surface area (Å²) in [5.41, 5.74) is 3.95. The molecule has 6 rings (SSSR count). The van der Waals surface area contributed by atoms with Crippen LogP contribution in [0.25, 0.3) is 39.1 Å². The van der Waals surface area contributed by atoms with Gasteiger partial charge in [0, 0.05) is 11.8 Å². The van der Waals surface area contributed by atoms with E-state index in [0.717, 1.165) is 33.3 Å². The lowest BCUT2D eigenvalue weighted by molar-refractivity contribution is 0.519. The zero-order valence-electron chi connectivity index (χ0n) is 17.2. The highest BCUT2D eigenvalue weighted by Gasteiger charge is 2.21. The molecule has 0 saturated heterocycles. The van der Waals surface area contributed by atoms with Crippen LogP contribution in [0.2, 0.25) is 0 Å². The fraction of sp³-hybridized carbons (Fsp3) is 0.0370. The monoisotopic (exact) mass is 417 g/mol. The second-order valence-corrected chi connectivity index (χ2v) is 7.78. The number of nitrogens with zero attached hydrogens (tertiary/aromatic N) is 2. The van der Waals surface area contributed by atoms with Crippen molar-refractivity contribution >= 4 is 10.8 Å². The number of imidazole rings is 1. The van der Waals surface area contributed by atoms with Gasteiger partial charge in [-0.3, -0.25) is 9.36 Å². The zero-order valence-corrected chi connectivity index (χ0v) is 17.2. The van der Waals surface area contributed by atoms with E-state index in [2.05, 4.69) is 35.3 Å². The smallest absolute Gasteiger partial charge is 0.278 e. The number of hydrogen-bond acceptors (Lipinski definition) is 3. The van der Waals surface area contributed by atoms with Crippen molar-refractivity contribution in [1.82, 2.24) is 14.5 Å². The van der Waals surface area contributed by atoms with Crippen molar-refractivity contribution in [2.75, 3.05) is 0 Å². The van der Waals surface area contributed by atoms with Crippen LogP contribution in [0.4, 0.5) is 0 Å². The highest BCUT2D eigenvalue weighted by atomic mass is 16.3. The predicted molar refractivity (Wildman–Crippen MR) is 125 cm³/mol. The number of aromatic amines is 1. The van der Waals surface area contributed by atoms with E-state index in [4.69, 9.17) is 9.40 Å². The van der Waals surface area contributed by atoms with Crippen LogP contribution in [0.5, 0.6) is 0 Å². The molecule has 0 amide bonds. The maximum absolute atomic E-state index is 13.3. The van der Waals surface area contributed by atoms with Crippen molar-refractivity contribution in [3.05, 3.63) is 119 Å². The van der Waals surface area contributed by atoms with Crippen LogP contribution in [0.1, 0.15) is 11.5 Å². The van der Waals surface area contributed by atoms with Gasteiger partial charge in [-0.05, 0) is 34.5 Å². The second-order valence-electron chi connectivity index (χ2n) is 7.78. The van der Waals surface area contributed by atoms with Gasteiger partial charge >= 0.3 is 0 Å². The molecule has 0 bridgehead atoms. The van der Waals surface area contributed by atoms with Gasteiger partial charge in [0.25, 0.3) is 5.56 Å². The summed E-state index contributed by atoms with van der Waals surface area (Å²) < 4.78 is 7.09. The molecule has 0 unspecified atom stereocenters. The van der Waals surface area contributed by atoms with Crippen molar-refractivity contribution in [1.29, 1.82) is 0 Å². The topological polar surface area (TPSA) is 63.8 Å². The molecule has 0 radical (unpaired) electrons. The molecular formula is C27H19N3O2. The Morgan fingerprint density at radius 2 is 1.66 bits per heavy atom. The summed E-state index contributed by atoms with van der Waals surface area (Å²) in [6.45, 7) is 0. The van der Waals surface area contributed by atoms with Crippen molar-refractivity contribution in [2.24, 2.45) is 0 Å². The second kappa shape index (κ2) is 7.39. The Bertz CT molecular complexity index is 1560. The average Bonchev–Trinajstić information content (AvgIpc) is 3.47. The number of nitrogens with one attached hydrogen (secondary N) is 1. The molecule has 0 aliphatic carbocycles. The lowest BCUT2D eigenvalue weighted by atomic mass is 10.0. The van der Waals surface area contributed by atoms with Gasteiger partial charge in [-0.25, -0.2) is 4.98 Å². The van der Waals surface area contributed by atoms with Crippen LogP contribution in [0.15, 0.2) is 107 Å². The molecule has 0 spiro atoms. The van der Waals surface area contributed by atoms with Gasteiger partial charge in [-0.15, -0.1) is 0 Å². The molecule has 5 heteroatoms. The standard InChI is InChI=1S/C27H19N3O2/c31-27-23(16-22-11-6-14-32-22)29-26-25(21-13-12-18-7-4-5-10-20(18)15-21)28-24(17-30(26)27)19-8-2-1-3-9-19/h1-15,17,28H,16H2. The first-order chi connectivity index (χ1) is 15.8. The average molecular weight is 417 g/mol. The first kappa shape index (κ1) is 18.4. The van der Waals surface area contributed by atoms with Crippen LogP contribution in [0, 0.1) is 0 Å². The molecule has 1 aromatic heterocycles. The molecule has 0 atom stereocenters. The van der Waals surface area contributed by atoms with E-state index >= 15 is 0 Å². The number of hydrogen-bond donors (Lipinski definition) is 1. The van der Waals surface area contributed by atoms with Crippen LogP contribution in [-0.4, -0.2) is 14.5 Å². The van der Waals surface area contributed by atoms with Gasteiger partial charge < -0.3 is 9.40 Å². The van der Waals surface area contributed by atoms with Gasteiger partial charge in [0.05, 0.1) is 24.1 Å². The summed E-state index contributed by atoms with van der Waals surface area (Å²) in [6, 6.07) is 28.2. The van der Waals surface area contributed by atoms with Gasteiger partial charge in [-0.2, -0.15) is 0 Å². The molecule has 3 heterocycles. The normalized spacial score (nSPS) is 11.4. The lowest BCUT2D eigenvalue weighted by Crippen LogP contribution is -2.16. The Hall–Kier alpha value is -4.38. The predicted octanol–water partition coefficient (Wildman–Crippen LogP) is 5.67. The molecular weight excluding hydrogens is 398 g/mol. The summed E-state index contributed by atoms with van der Waals surface area (Å²) in [4.78, 5) is 21.6. The SMILES string of the molecule is O=c1c(Cc2ccco2)nc2c(-c3ccc4ccccc4c3)[nH]c(-c3ccccc3)cn1-2. The largest absolute Gasteiger partial charge is 0.469 e. The Morgan fingerprint density at radius 3 is 2.47 bits per heavy atom. The number of rotatable bonds is 4. The van der Waals surface area contributed by atoms with Gasteiger partial charge in [-0.1, -0.05) is 66.7 Å². The molecule has 4 aromatic rings. The lowest BCUT2D eigenvalue weighted by Gasteiger charge is -2.14. The van der Waals surface area contributed by atoms with Crippen LogP contribution < -0.4 is 5.56 Å². The van der Waals surface area contributed by atoms with E-state index in [9.17, 15) is 4.79 Å². The van der Waals surface area contributed by atoms with E-state index < -0.39 is 0 Å². The van der Waals surface area contributed by atoms with Crippen LogP contribution >= 0.6 is 0 Å². The molecule has 2 aliphatic rings. The van der Waals surface area contributed by atoms with Crippen molar-refractivity contribution in [3.63, 3.8) is 0 Å². The van der Waals surface area contributed by atoms with E-state index in [1.165, 1.54) is 0 Å². The highest BCUT2D eigenvalue weighted by molar-refractivity contribution is 5.88. The first-order valence-electron chi connectivity index (χ1n) is 10.5. The number of fused-ring (bicyclic) bond motifs is 2. The fourth-order valence-electron chi connectivity index (χ4n) is 4.12. The Morgan fingerprint density at radius 1 is 0.844 bits per heavy atom. The summed E-state index contributed by atoms with van der Waals surface area (Å²) in [5.74, 6) is 1.32. The first-order valence-corrected chi connectivity index (χ1v) is 10.5. The molecule has 3 aromatic carbocycles. The maximum Gasteiger partial charge on any atom is 0.278 e. The number of benzene rings is 3. The van der Waals surface area contributed by atoms with E-state index in [1.807, 2.05) is 60.8 Å². The molecule has 0 saturated carbocycles. The van der Waals surface area contributed by atoms with Crippen LogP contribution in [0.3, 0.4) is 0 Å². The molecule has 154 valence electrons. The minimum Gasteiger partial charge on any atom is -0.469 e. The van der Waals surface area contributed by atoms with E-state index in [0.29, 0.717) is 23.7 Å². The maximum atomic E-state index is 13.3. The summed E-state index contributed by atoms with van der Waals surface area (Å²) in [6.07, 6.45) is 3.79. The third-order valence-electron chi connectivity index (χ3n) is 5.72. The van der Waals surface area contributed by atoms with Crippen molar-refractivity contribution in [2.45, 2.75) is 6.42 Å². The molecule has 1 N–H and O–H groups in total. The molecule has 0 fully saturated rings. The highest BCUT2D eigenvalue weighted by Crippen LogP contribution is 2.30. The van der Waals surface area contributed by atoms with E-state index in [-0.39, 0.29) is 5.56 Å². The number of H-pyrrole nitrogens is 1. The minimum absolute atomic E-state index is 0.135. The summed E-state index contributed by atoms with van der Waals surface area (Å²) in [5, 5.41) is 2.30. The Labute approximate surface area is 183 Å². The zero-order chi connectivity index (χ0) is 21.5. The Kier molecular flexibility index (Phi) is 4.25. The fourth-order valence-corrected chi connectivity index (χ4v) is 4.12. The number of furan rings is 1. The van der Waals surface area contributed by atoms with E-state index in [1.54, 1.807) is 10.8 Å². The summed E-state index contributed by atoms with van der Waals surface area (Å²) in [7, 11) is 0. The third kappa shape index (κ3) is 3.11. The quantitative estimate of drug-likeness (QED) is 0.402. The molecule has 32 heavy (non-hydrogen) atoms. The minimum atomic E-state index is -0.135. The molecule has 5 nitrogen and oxygen atoms in total.